The number of urea groups is 1. The highest BCUT2D eigenvalue weighted by molar-refractivity contribution is 6.07. The molecule has 31 heavy (non-hydrogen) atoms. The van der Waals surface area contributed by atoms with E-state index in [4.69, 9.17) is 0 Å². The van der Waals surface area contributed by atoms with Crippen molar-refractivity contribution in [2.24, 2.45) is 11.8 Å². The Kier molecular flexibility index (Phi) is 5.24. The molecule has 3 heterocycles. The smallest absolute Gasteiger partial charge is 0.325 e. The Labute approximate surface area is 183 Å². The van der Waals surface area contributed by atoms with E-state index in [1.165, 1.54) is 10.5 Å². The van der Waals surface area contributed by atoms with Gasteiger partial charge in [0.05, 0.1) is 0 Å². The van der Waals surface area contributed by atoms with Crippen molar-refractivity contribution in [2.75, 3.05) is 26.2 Å². The lowest BCUT2D eigenvalue weighted by Crippen LogP contribution is -2.55. The van der Waals surface area contributed by atoms with Crippen LogP contribution in [0.4, 0.5) is 4.79 Å². The first-order valence-corrected chi connectivity index (χ1v) is 11.7. The van der Waals surface area contributed by atoms with Crippen molar-refractivity contribution in [3.05, 3.63) is 35.9 Å². The van der Waals surface area contributed by atoms with Crippen LogP contribution >= 0.6 is 0 Å². The summed E-state index contributed by atoms with van der Waals surface area (Å²) in [5.74, 6) is 0.893. The third-order valence-electron chi connectivity index (χ3n) is 7.72. The van der Waals surface area contributed by atoms with Crippen molar-refractivity contribution in [1.29, 1.82) is 0 Å². The third kappa shape index (κ3) is 3.84. The standard InChI is InChI=1S/C24H32N4O3/c1-17-15-20(17)21(29)27-11-7-19(8-12-27)28-22(30)24(25-23(28)31)9-13-26(14-10-24)16-18-5-3-2-4-6-18/h2-6,17,19-20H,7-16H2,1H3,(H,25,31)/t17-,20-/m1/s1. The summed E-state index contributed by atoms with van der Waals surface area (Å²) in [7, 11) is 0. The Morgan fingerprint density at radius 3 is 2.32 bits per heavy atom. The summed E-state index contributed by atoms with van der Waals surface area (Å²) in [4.78, 5) is 44.4. The molecule has 0 bridgehead atoms. The average Bonchev–Trinajstić information content (AvgIpc) is 3.46. The maximum atomic E-state index is 13.4. The number of piperidine rings is 2. The summed E-state index contributed by atoms with van der Waals surface area (Å²) in [5.41, 5.74) is 0.518. The Balaban J connectivity index is 1.17. The molecule has 1 saturated carbocycles. The fourth-order valence-electron chi connectivity index (χ4n) is 5.49. The molecule has 1 N–H and O–H groups in total. The van der Waals surface area contributed by atoms with E-state index in [9.17, 15) is 14.4 Å². The van der Waals surface area contributed by atoms with Gasteiger partial charge >= 0.3 is 6.03 Å². The Morgan fingerprint density at radius 1 is 1.06 bits per heavy atom. The van der Waals surface area contributed by atoms with Crippen LogP contribution in [0, 0.1) is 11.8 Å². The van der Waals surface area contributed by atoms with E-state index in [0.717, 1.165) is 26.1 Å². The van der Waals surface area contributed by atoms with Gasteiger partial charge in [0.15, 0.2) is 0 Å². The lowest BCUT2D eigenvalue weighted by molar-refractivity contribution is -0.137. The number of amides is 4. The Morgan fingerprint density at radius 2 is 1.71 bits per heavy atom. The van der Waals surface area contributed by atoms with Gasteiger partial charge in [0, 0.05) is 44.7 Å². The van der Waals surface area contributed by atoms with Gasteiger partial charge in [-0.05, 0) is 43.6 Å². The SMILES string of the molecule is C[C@@H]1C[C@H]1C(=O)N1CCC(N2C(=O)NC3(CCN(Cc4ccccc4)CC3)C2=O)CC1. The van der Waals surface area contributed by atoms with Gasteiger partial charge in [0.25, 0.3) is 5.91 Å². The summed E-state index contributed by atoms with van der Waals surface area (Å²) < 4.78 is 0. The van der Waals surface area contributed by atoms with Crippen LogP contribution in [-0.2, 0) is 16.1 Å². The molecule has 0 aromatic heterocycles. The van der Waals surface area contributed by atoms with Gasteiger partial charge in [-0.1, -0.05) is 37.3 Å². The molecule has 3 aliphatic heterocycles. The fourth-order valence-corrected chi connectivity index (χ4v) is 5.49. The molecule has 0 unspecified atom stereocenters. The lowest BCUT2D eigenvalue weighted by Gasteiger charge is -2.39. The van der Waals surface area contributed by atoms with Crippen LogP contribution in [0.25, 0.3) is 0 Å². The molecule has 0 radical (unpaired) electrons. The molecule has 4 aliphatic rings. The van der Waals surface area contributed by atoms with Crippen LogP contribution in [0.15, 0.2) is 30.3 Å². The van der Waals surface area contributed by atoms with Crippen LogP contribution in [0.2, 0.25) is 0 Å². The van der Waals surface area contributed by atoms with Crippen molar-refractivity contribution >= 4 is 17.8 Å². The van der Waals surface area contributed by atoms with Gasteiger partial charge in [-0.2, -0.15) is 0 Å². The van der Waals surface area contributed by atoms with Crippen LogP contribution in [0.1, 0.15) is 44.6 Å². The second-order valence-electron chi connectivity index (χ2n) is 9.83. The largest absolute Gasteiger partial charge is 0.342 e. The molecule has 3 saturated heterocycles. The number of nitrogens with one attached hydrogen (secondary N) is 1. The summed E-state index contributed by atoms with van der Waals surface area (Å²) in [5, 5.41) is 3.05. The first kappa shape index (κ1) is 20.5. The quantitative estimate of drug-likeness (QED) is 0.753. The van der Waals surface area contributed by atoms with E-state index in [-0.39, 0.29) is 29.8 Å². The molecule has 1 aromatic carbocycles. The zero-order valence-electron chi connectivity index (χ0n) is 18.3. The molecule has 5 rings (SSSR count). The summed E-state index contributed by atoms with van der Waals surface area (Å²) in [6.45, 7) is 5.85. The Bertz CT molecular complexity index is 857. The molecule has 166 valence electrons. The average molecular weight is 425 g/mol. The van der Waals surface area contributed by atoms with Crippen LogP contribution in [0.5, 0.6) is 0 Å². The lowest BCUT2D eigenvalue weighted by atomic mass is 9.86. The predicted octanol–water partition coefficient (Wildman–Crippen LogP) is 2.22. The fraction of sp³-hybridized carbons (Fsp3) is 0.625. The van der Waals surface area contributed by atoms with Crippen molar-refractivity contribution in [3.8, 4) is 0 Å². The van der Waals surface area contributed by atoms with Gasteiger partial charge in [-0.15, -0.1) is 0 Å². The van der Waals surface area contributed by atoms with Gasteiger partial charge in [0.2, 0.25) is 5.91 Å². The molecule has 4 fully saturated rings. The number of carbonyl (C=O) groups excluding carboxylic acids is 3. The van der Waals surface area contributed by atoms with Crippen molar-refractivity contribution < 1.29 is 14.4 Å². The molecule has 7 heteroatoms. The predicted molar refractivity (Wildman–Crippen MR) is 116 cm³/mol. The van der Waals surface area contributed by atoms with Gasteiger partial charge in [-0.3, -0.25) is 19.4 Å². The van der Waals surface area contributed by atoms with E-state index >= 15 is 0 Å². The number of imide groups is 1. The second kappa shape index (κ2) is 7.93. The molecular formula is C24H32N4O3. The molecule has 4 amide bonds. The van der Waals surface area contributed by atoms with Crippen LogP contribution in [-0.4, -0.2) is 70.3 Å². The van der Waals surface area contributed by atoms with E-state index in [0.29, 0.717) is 44.7 Å². The van der Waals surface area contributed by atoms with Gasteiger partial charge in [-0.25, -0.2) is 4.79 Å². The van der Waals surface area contributed by atoms with E-state index in [1.807, 2.05) is 23.1 Å². The van der Waals surface area contributed by atoms with E-state index in [2.05, 4.69) is 29.3 Å². The third-order valence-corrected chi connectivity index (χ3v) is 7.72. The zero-order chi connectivity index (χ0) is 21.6. The summed E-state index contributed by atoms with van der Waals surface area (Å²) in [6, 6.07) is 10.00. The highest BCUT2D eigenvalue weighted by Gasteiger charge is 2.54. The van der Waals surface area contributed by atoms with E-state index < -0.39 is 5.54 Å². The number of benzene rings is 1. The monoisotopic (exact) mass is 424 g/mol. The molecule has 1 aliphatic carbocycles. The van der Waals surface area contributed by atoms with Gasteiger partial charge < -0.3 is 10.2 Å². The number of hydrogen-bond acceptors (Lipinski definition) is 4. The molecule has 1 aromatic rings. The summed E-state index contributed by atoms with van der Waals surface area (Å²) >= 11 is 0. The molecule has 1 spiro atoms. The maximum absolute atomic E-state index is 13.4. The highest BCUT2D eigenvalue weighted by Crippen LogP contribution is 2.40. The minimum Gasteiger partial charge on any atom is -0.342 e. The summed E-state index contributed by atoms with van der Waals surface area (Å²) in [6.07, 6.45) is 3.66. The number of hydrogen-bond donors (Lipinski definition) is 1. The highest BCUT2D eigenvalue weighted by atomic mass is 16.2. The first-order chi connectivity index (χ1) is 15.0. The minimum atomic E-state index is -0.749. The Hall–Kier alpha value is -2.41. The van der Waals surface area contributed by atoms with Crippen molar-refractivity contribution in [1.82, 2.24) is 20.0 Å². The number of nitrogens with zero attached hydrogens (tertiary/aromatic N) is 3. The van der Waals surface area contributed by atoms with Crippen molar-refractivity contribution in [3.63, 3.8) is 0 Å². The van der Waals surface area contributed by atoms with Crippen LogP contribution in [0.3, 0.4) is 0 Å². The second-order valence-corrected chi connectivity index (χ2v) is 9.83. The minimum absolute atomic E-state index is 0.0579. The molecular weight excluding hydrogens is 392 g/mol. The number of carbonyl (C=O) groups is 3. The molecule has 2 atom stereocenters. The number of likely N-dealkylation sites (tertiary alicyclic amines) is 2. The maximum Gasteiger partial charge on any atom is 0.325 e. The zero-order valence-corrected chi connectivity index (χ0v) is 18.3. The normalized spacial score (nSPS) is 28.8. The number of rotatable bonds is 4. The van der Waals surface area contributed by atoms with E-state index in [1.54, 1.807) is 0 Å². The van der Waals surface area contributed by atoms with Crippen molar-refractivity contribution in [2.45, 2.75) is 57.2 Å². The molecule has 7 nitrogen and oxygen atoms in total. The van der Waals surface area contributed by atoms with Crippen LogP contribution < -0.4 is 5.32 Å². The van der Waals surface area contributed by atoms with Gasteiger partial charge in [0.1, 0.15) is 5.54 Å². The topological polar surface area (TPSA) is 73.0 Å². The first-order valence-electron chi connectivity index (χ1n) is 11.7.